The summed E-state index contributed by atoms with van der Waals surface area (Å²) in [5, 5.41) is 12.3. The molecule has 80 valence electrons. The van der Waals surface area contributed by atoms with Gasteiger partial charge in [0.15, 0.2) is 0 Å². The third-order valence-corrected chi connectivity index (χ3v) is 2.10. The molecule has 1 heterocycles. The number of pyridine rings is 1. The normalized spacial score (nSPS) is 10.0. The van der Waals surface area contributed by atoms with Gasteiger partial charge in [0.2, 0.25) is 0 Å². The average molecular weight is 216 g/mol. The molecule has 0 bridgehead atoms. The van der Waals surface area contributed by atoms with Gasteiger partial charge < -0.3 is 10.4 Å². The van der Waals surface area contributed by atoms with Gasteiger partial charge >= 0.3 is 11.9 Å². The highest BCUT2D eigenvalue weighted by molar-refractivity contribution is 6.36. The van der Waals surface area contributed by atoms with Gasteiger partial charge in [-0.05, 0) is 11.5 Å². The smallest absolute Gasteiger partial charge is 0.394 e. The van der Waals surface area contributed by atoms with Crippen LogP contribution < -0.4 is 5.32 Å². The molecule has 5 heteroatoms. The number of aromatic nitrogens is 1. The highest BCUT2D eigenvalue weighted by Gasteiger charge is 2.13. The van der Waals surface area contributed by atoms with E-state index in [0.29, 0.717) is 5.39 Å². The van der Waals surface area contributed by atoms with E-state index in [0.717, 1.165) is 5.39 Å². The van der Waals surface area contributed by atoms with Crippen molar-refractivity contribution in [1.29, 1.82) is 0 Å². The zero-order valence-corrected chi connectivity index (χ0v) is 8.18. The van der Waals surface area contributed by atoms with Crippen LogP contribution in [0.15, 0.2) is 36.5 Å². The van der Waals surface area contributed by atoms with Crippen molar-refractivity contribution in [3.63, 3.8) is 0 Å². The molecule has 0 unspecified atom stereocenters. The molecule has 2 aromatic rings. The topological polar surface area (TPSA) is 79.3 Å². The third-order valence-electron chi connectivity index (χ3n) is 2.10. The molecule has 0 saturated heterocycles. The first-order valence-corrected chi connectivity index (χ1v) is 4.56. The number of carboxylic acids is 1. The maximum atomic E-state index is 11.0. The lowest BCUT2D eigenvalue weighted by atomic mass is 10.1. The van der Waals surface area contributed by atoms with Gasteiger partial charge in [0.05, 0.1) is 0 Å². The Morgan fingerprint density at radius 2 is 1.94 bits per heavy atom. The first-order valence-electron chi connectivity index (χ1n) is 4.56. The molecule has 1 amide bonds. The fraction of sp³-hybridized carbons (Fsp3) is 0. The fourth-order valence-corrected chi connectivity index (χ4v) is 1.38. The molecule has 1 aromatic carbocycles. The maximum Gasteiger partial charge on any atom is 0.394 e. The van der Waals surface area contributed by atoms with E-state index in [1.807, 2.05) is 12.1 Å². The third kappa shape index (κ3) is 1.83. The average Bonchev–Trinajstić information content (AvgIpc) is 2.29. The van der Waals surface area contributed by atoms with E-state index in [4.69, 9.17) is 5.11 Å². The molecule has 0 saturated carbocycles. The van der Waals surface area contributed by atoms with Crippen LogP contribution in [0, 0.1) is 0 Å². The Bertz CT molecular complexity index is 561. The zero-order chi connectivity index (χ0) is 11.5. The number of rotatable bonds is 1. The second-order valence-electron chi connectivity index (χ2n) is 3.14. The molecule has 0 radical (unpaired) electrons. The number of carboxylic acid groups (broad SMARTS) is 1. The number of aliphatic carboxylic acids is 1. The van der Waals surface area contributed by atoms with Crippen LogP contribution in [0.3, 0.4) is 0 Å². The van der Waals surface area contributed by atoms with Crippen molar-refractivity contribution in [2.45, 2.75) is 0 Å². The van der Waals surface area contributed by atoms with Crippen LogP contribution in [-0.2, 0) is 9.59 Å². The van der Waals surface area contributed by atoms with Crippen molar-refractivity contribution < 1.29 is 14.7 Å². The number of amides is 1. The largest absolute Gasteiger partial charge is 0.474 e. The molecular formula is C11H8N2O3. The Labute approximate surface area is 90.7 Å². The number of benzene rings is 1. The molecule has 0 aliphatic carbocycles. The molecular weight excluding hydrogens is 208 g/mol. The van der Waals surface area contributed by atoms with Crippen molar-refractivity contribution in [3.8, 4) is 0 Å². The second kappa shape index (κ2) is 3.98. The van der Waals surface area contributed by atoms with Gasteiger partial charge in [-0.1, -0.05) is 24.3 Å². The number of fused-ring (bicyclic) bond motifs is 1. The molecule has 0 spiro atoms. The first kappa shape index (κ1) is 10.1. The van der Waals surface area contributed by atoms with E-state index < -0.39 is 11.9 Å². The van der Waals surface area contributed by atoms with Gasteiger partial charge in [0.25, 0.3) is 0 Å². The Kier molecular flexibility index (Phi) is 2.51. The molecule has 0 fully saturated rings. The summed E-state index contributed by atoms with van der Waals surface area (Å²) in [4.78, 5) is 25.3. The molecule has 0 atom stereocenters. The molecule has 0 aliphatic rings. The SMILES string of the molecule is O=C(O)C(=O)Nc1nccc2ccccc12. The van der Waals surface area contributed by atoms with Crippen LogP contribution in [0.25, 0.3) is 10.8 Å². The summed E-state index contributed by atoms with van der Waals surface area (Å²) >= 11 is 0. The first-order chi connectivity index (χ1) is 7.68. The predicted octanol–water partition coefficient (Wildman–Crippen LogP) is 1.26. The monoisotopic (exact) mass is 216 g/mol. The van der Waals surface area contributed by atoms with E-state index in [1.165, 1.54) is 6.20 Å². The number of hydrogen-bond donors (Lipinski definition) is 2. The number of carbonyl (C=O) groups is 2. The lowest BCUT2D eigenvalue weighted by molar-refractivity contribution is -0.147. The van der Waals surface area contributed by atoms with Crippen LogP contribution >= 0.6 is 0 Å². The molecule has 0 aliphatic heterocycles. The number of nitrogens with zero attached hydrogens (tertiary/aromatic N) is 1. The summed E-state index contributed by atoms with van der Waals surface area (Å²) < 4.78 is 0. The lowest BCUT2D eigenvalue weighted by Gasteiger charge is -2.04. The minimum absolute atomic E-state index is 0.255. The Morgan fingerprint density at radius 3 is 2.69 bits per heavy atom. The Balaban J connectivity index is 2.45. The van der Waals surface area contributed by atoms with Gasteiger partial charge in [-0.15, -0.1) is 0 Å². The van der Waals surface area contributed by atoms with Gasteiger partial charge in [0.1, 0.15) is 5.82 Å². The zero-order valence-electron chi connectivity index (χ0n) is 8.18. The van der Waals surface area contributed by atoms with Gasteiger partial charge in [-0.2, -0.15) is 0 Å². The summed E-state index contributed by atoms with van der Waals surface area (Å²) in [7, 11) is 0. The van der Waals surface area contributed by atoms with Crippen LogP contribution in [0.1, 0.15) is 0 Å². The number of carbonyl (C=O) groups excluding carboxylic acids is 1. The van der Waals surface area contributed by atoms with Gasteiger partial charge in [-0.25, -0.2) is 9.78 Å². The predicted molar refractivity (Wildman–Crippen MR) is 58.0 cm³/mol. The van der Waals surface area contributed by atoms with E-state index in [2.05, 4.69) is 10.3 Å². The Hall–Kier alpha value is -2.43. The standard InChI is InChI=1S/C11H8N2O3/c14-10(11(15)16)13-9-8-4-2-1-3-7(8)5-6-12-9/h1-6H,(H,15,16)(H,12,13,14). The lowest BCUT2D eigenvalue weighted by Crippen LogP contribution is -2.22. The van der Waals surface area contributed by atoms with Crippen LogP contribution in [0.5, 0.6) is 0 Å². The van der Waals surface area contributed by atoms with E-state index in [1.54, 1.807) is 18.2 Å². The summed E-state index contributed by atoms with van der Waals surface area (Å²) in [6.07, 6.45) is 1.51. The van der Waals surface area contributed by atoms with Crippen LogP contribution in [0.2, 0.25) is 0 Å². The van der Waals surface area contributed by atoms with Crippen LogP contribution in [0.4, 0.5) is 5.82 Å². The van der Waals surface area contributed by atoms with Crippen molar-refractivity contribution in [3.05, 3.63) is 36.5 Å². The number of nitrogens with one attached hydrogen (secondary N) is 1. The summed E-state index contributed by atoms with van der Waals surface area (Å²) in [6.45, 7) is 0. The molecule has 1 aromatic heterocycles. The van der Waals surface area contributed by atoms with E-state index in [-0.39, 0.29) is 5.82 Å². The quantitative estimate of drug-likeness (QED) is 0.703. The molecule has 2 N–H and O–H groups in total. The fourth-order valence-electron chi connectivity index (χ4n) is 1.38. The summed E-state index contributed by atoms with van der Waals surface area (Å²) in [5.74, 6) is -2.37. The maximum absolute atomic E-state index is 11.0. The Morgan fingerprint density at radius 1 is 1.19 bits per heavy atom. The molecule has 5 nitrogen and oxygen atoms in total. The van der Waals surface area contributed by atoms with Crippen molar-refractivity contribution in [2.24, 2.45) is 0 Å². The van der Waals surface area contributed by atoms with Gasteiger partial charge in [0, 0.05) is 11.6 Å². The number of hydrogen-bond acceptors (Lipinski definition) is 3. The van der Waals surface area contributed by atoms with Crippen molar-refractivity contribution in [2.75, 3.05) is 5.32 Å². The van der Waals surface area contributed by atoms with Crippen molar-refractivity contribution >= 4 is 28.5 Å². The highest BCUT2D eigenvalue weighted by atomic mass is 16.4. The minimum atomic E-state index is -1.53. The van der Waals surface area contributed by atoms with Gasteiger partial charge in [-0.3, -0.25) is 4.79 Å². The van der Waals surface area contributed by atoms with Crippen LogP contribution in [-0.4, -0.2) is 22.0 Å². The second-order valence-corrected chi connectivity index (χ2v) is 3.14. The number of anilines is 1. The summed E-state index contributed by atoms with van der Waals surface area (Å²) in [5.41, 5.74) is 0. The minimum Gasteiger partial charge on any atom is -0.474 e. The van der Waals surface area contributed by atoms with E-state index in [9.17, 15) is 9.59 Å². The van der Waals surface area contributed by atoms with E-state index >= 15 is 0 Å². The summed E-state index contributed by atoms with van der Waals surface area (Å²) in [6, 6.07) is 9.05. The van der Waals surface area contributed by atoms with Crippen molar-refractivity contribution in [1.82, 2.24) is 4.98 Å². The molecule has 16 heavy (non-hydrogen) atoms. The molecule has 2 rings (SSSR count). The highest BCUT2D eigenvalue weighted by Crippen LogP contribution is 2.19.